The molecule has 6 nitrogen and oxygen atoms in total. The molecule has 3 aromatic rings. The second kappa shape index (κ2) is 5.55. The van der Waals surface area contributed by atoms with Crippen molar-refractivity contribution >= 4 is 5.65 Å². The van der Waals surface area contributed by atoms with Crippen molar-refractivity contribution in [2.45, 2.75) is 43.2 Å². The molecular formula is C22H24N4O2. The fourth-order valence-corrected chi connectivity index (χ4v) is 4.81. The van der Waals surface area contributed by atoms with Crippen molar-refractivity contribution in [1.29, 1.82) is 0 Å². The van der Waals surface area contributed by atoms with Crippen LogP contribution in [0.4, 0.5) is 0 Å². The lowest BCUT2D eigenvalue weighted by Gasteiger charge is -2.40. The lowest BCUT2D eigenvalue weighted by atomic mass is 9.69. The molecule has 144 valence electrons. The molecule has 0 spiro atoms. The summed E-state index contributed by atoms with van der Waals surface area (Å²) in [7, 11) is 0. The maximum Gasteiger partial charge on any atom is 0.185 e. The number of pyridine rings is 1. The molecule has 2 saturated heterocycles. The van der Waals surface area contributed by atoms with Gasteiger partial charge in [0.2, 0.25) is 0 Å². The van der Waals surface area contributed by atoms with Crippen molar-refractivity contribution in [3.8, 4) is 5.75 Å². The number of hydrogen-bond acceptors (Lipinski definition) is 5. The number of hydrogen-bond donors (Lipinski definition) is 1. The van der Waals surface area contributed by atoms with Gasteiger partial charge >= 0.3 is 0 Å². The second-order valence-corrected chi connectivity index (χ2v) is 8.69. The molecular weight excluding hydrogens is 352 g/mol. The monoisotopic (exact) mass is 376 g/mol. The van der Waals surface area contributed by atoms with Gasteiger partial charge in [-0.3, -0.25) is 0 Å². The summed E-state index contributed by atoms with van der Waals surface area (Å²) >= 11 is 0. The van der Waals surface area contributed by atoms with Gasteiger partial charge in [-0.2, -0.15) is 0 Å². The molecule has 2 aliphatic carbocycles. The number of nitrogens with zero attached hydrogens (tertiary/aromatic N) is 3. The van der Waals surface area contributed by atoms with Crippen molar-refractivity contribution in [3.05, 3.63) is 59.5 Å². The zero-order chi connectivity index (χ0) is 18.9. The number of benzene rings is 1. The Hall–Kier alpha value is -2.44. The first-order chi connectivity index (χ1) is 13.6. The Bertz CT molecular complexity index is 1060. The molecule has 2 aromatic heterocycles. The fourth-order valence-electron chi connectivity index (χ4n) is 4.81. The summed E-state index contributed by atoms with van der Waals surface area (Å²) in [6.45, 7) is 3.44. The van der Waals surface area contributed by atoms with Crippen LogP contribution in [0.25, 0.3) is 5.65 Å². The highest BCUT2D eigenvalue weighted by molar-refractivity contribution is 5.50. The van der Waals surface area contributed by atoms with E-state index in [2.05, 4.69) is 30.3 Å². The molecule has 4 aliphatic rings. The standard InChI is InChI=1S/C22H24N4O2/c1-14-9-17(27-13-21(7-8-21)16-5-3-2-4-6-16)11-26-19(14)24-20(25-26)22-10-15(12-28-22)18(22)23/h2-6,9,11,15,18H,7-8,10,12-13,23H2,1H3. The molecule has 4 heterocycles. The first-order valence-corrected chi connectivity index (χ1v) is 10.1. The van der Waals surface area contributed by atoms with Crippen LogP contribution in [0.2, 0.25) is 0 Å². The molecule has 3 atom stereocenters. The Morgan fingerprint density at radius 2 is 2.11 bits per heavy atom. The topological polar surface area (TPSA) is 74.7 Å². The highest BCUT2D eigenvalue weighted by Gasteiger charge is 2.62. The number of nitrogens with two attached hydrogens (primary N) is 1. The van der Waals surface area contributed by atoms with E-state index in [9.17, 15) is 0 Å². The third-order valence-electron chi connectivity index (χ3n) is 6.89. The lowest BCUT2D eigenvalue weighted by Crippen LogP contribution is -2.55. The molecule has 6 heteroatoms. The van der Waals surface area contributed by atoms with Gasteiger partial charge in [-0.05, 0) is 43.4 Å². The number of aryl methyl sites for hydroxylation is 1. The Labute approximate surface area is 163 Å². The first kappa shape index (κ1) is 16.5. The summed E-state index contributed by atoms with van der Waals surface area (Å²) in [5.41, 5.74) is 9.21. The number of rotatable bonds is 5. The van der Waals surface area contributed by atoms with E-state index in [4.69, 9.17) is 25.3 Å². The Morgan fingerprint density at radius 1 is 1.29 bits per heavy atom. The van der Waals surface area contributed by atoms with Crippen molar-refractivity contribution in [3.63, 3.8) is 0 Å². The van der Waals surface area contributed by atoms with Crippen LogP contribution in [0.1, 0.15) is 36.2 Å². The molecule has 2 bridgehead atoms. The highest BCUT2D eigenvalue weighted by Crippen LogP contribution is 2.53. The minimum Gasteiger partial charge on any atom is -0.491 e. The van der Waals surface area contributed by atoms with Crippen LogP contribution < -0.4 is 10.5 Å². The van der Waals surface area contributed by atoms with E-state index < -0.39 is 5.60 Å². The normalized spacial score (nSPS) is 29.6. The molecule has 2 aliphatic heterocycles. The molecule has 7 rings (SSSR count). The maximum absolute atomic E-state index is 6.30. The minimum atomic E-state index is -0.491. The smallest absolute Gasteiger partial charge is 0.185 e. The van der Waals surface area contributed by atoms with Crippen molar-refractivity contribution in [2.75, 3.05) is 13.2 Å². The van der Waals surface area contributed by atoms with Gasteiger partial charge in [-0.1, -0.05) is 30.3 Å². The summed E-state index contributed by atoms with van der Waals surface area (Å²) in [6, 6.07) is 12.7. The van der Waals surface area contributed by atoms with Gasteiger partial charge in [0.15, 0.2) is 11.5 Å². The Kier molecular flexibility index (Phi) is 3.27. The van der Waals surface area contributed by atoms with E-state index >= 15 is 0 Å². The number of ether oxygens (including phenoxy) is 2. The minimum absolute atomic E-state index is 0.00142. The molecule has 4 fully saturated rings. The summed E-state index contributed by atoms with van der Waals surface area (Å²) in [6.07, 6.45) is 5.19. The van der Waals surface area contributed by atoms with Crippen LogP contribution in [-0.4, -0.2) is 33.9 Å². The zero-order valence-electron chi connectivity index (χ0n) is 16.0. The largest absolute Gasteiger partial charge is 0.491 e. The van der Waals surface area contributed by atoms with Crippen LogP contribution in [-0.2, 0) is 15.8 Å². The van der Waals surface area contributed by atoms with Gasteiger partial charge in [-0.15, -0.1) is 5.10 Å². The van der Waals surface area contributed by atoms with Crippen molar-refractivity contribution in [1.82, 2.24) is 14.6 Å². The Morgan fingerprint density at radius 3 is 2.79 bits per heavy atom. The van der Waals surface area contributed by atoms with Crippen LogP contribution in [0.3, 0.4) is 0 Å². The van der Waals surface area contributed by atoms with E-state index in [0.29, 0.717) is 25.0 Å². The summed E-state index contributed by atoms with van der Waals surface area (Å²) in [5, 5.41) is 4.72. The number of aromatic nitrogens is 3. The van der Waals surface area contributed by atoms with Gasteiger partial charge in [-0.25, -0.2) is 9.50 Å². The van der Waals surface area contributed by atoms with Crippen molar-refractivity contribution < 1.29 is 9.47 Å². The predicted octanol–water partition coefficient (Wildman–Crippen LogP) is 2.72. The van der Waals surface area contributed by atoms with Gasteiger partial charge in [0.1, 0.15) is 11.4 Å². The number of fused-ring (bicyclic) bond motifs is 2. The van der Waals surface area contributed by atoms with E-state index in [-0.39, 0.29) is 11.5 Å². The highest BCUT2D eigenvalue weighted by atomic mass is 16.5. The quantitative estimate of drug-likeness (QED) is 0.741. The third-order valence-corrected chi connectivity index (χ3v) is 6.89. The van der Waals surface area contributed by atoms with Crippen LogP contribution in [0.15, 0.2) is 42.6 Å². The van der Waals surface area contributed by atoms with Gasteiger partial charge in [0, 0.05) is 17.4 Å². The average Bonchev–Trinajstić information content (AvgIpc) is 3.05. The molecule has 3 unspecified atom stereocenters. The van der Waals surface area contributed by atoms with Crippen LogP contribution >= 0.6 is 0 Å². The van der Waals surface area contributed by atoms with Crippen LogP contribution in [0, 0.1) is 12.8 Å². The van der Waals surface area contributed by atoms with Crippen molar-refractivity contribution in [2.24, 2.45) is 11.7 Å². The average molecular weight is 376 g/mol. The summed E-state index contributed by atoms with van der Waals surface area (Å²) in [4.78, 5) is 4.76. The molecule has 28 heavy (non-hydrogen) atoms. The van der Waals surface area contributed by atoms with Gasteiger partial charge in [0.25, 0.3) is 0 Å². The second-order valence-electron chi connectivity index (χ2n) is 8.69. The fraction of sp³-hybridized carbons (Fsp3) is 0.455. The van der Waals surface area contributed by atoms with E-state index in [1.54, 1.807) is 0 Å². The molecule has 2 N–H and O–H groups in total. The molecule has 0 radical (unpaired) electrons. The van der Waals surface area contributed by atoms with E-state index in [1.165, 1.54) is 18.4 Å². The zero-order valence-corrected chi connectivity index (χ0v) is 16.0. The SMILES string of the molecule is Cc1cc(OCC2(c3ccccc3)CC2)cn2nc(C34CC(CO3)C4N)nc12. The van der Waals surface area contributed by atoms with E-state index in [0.717, 1.165) is 23.4 Å². The molecule has 1 aromatic carbocycles. The van der Waals surface area contributed by atoms with Gasteiger partial charge < -0.3 is 15.2 Å². The lowest BCUT2D eigenvalue weighted by molar-refractivity contribution is -0.0287. The third kappa shape index (κ3) is 2.22. The van der Waals surface area contributed by atoms with Crippen LogP contribution in [0.5, 0.6) is 5.75 Å². The molecule has 2 saturated carbocycles. The summed E-state index contributed by atoms with van der Waals surface area (Å²) in [5.74, 6) is 1.97. The Balaban J connectivity index is 1.28. The van der Waals surface area contributed by atoms with Gasteiger partial charge in [0.05, 0.1) is 19.4 Å². The maximum atomic E-state index is 6.30. The predicted molar refractivity (Wildman–Crippen MR) is 104 cm³/mol. The van der Waals surface area contributed by atoms with E-state index in [1.807, 2.05) is 23.7 Å². The molecule has 0 amide bonds. The first-order valence-electron chi connectivity index (χ1n) is 10.1. The summed E-state index contributed by atoms with van der Waals surface area (Å²) < 4.78 is 14.0.